The van der Waals surface area contributed by atoms with E-state index in [0.29, 0.717) is 6.61 Å². The van der Waals surface area contributed by atoms with Gasteiger partial charge in [-0.05, 0) is 18.6 Å². The molecule has 0 spiro atoms. The number of aromatic nitrogens is 1. The van der Waals surface area contributed by atoms with Gasteiger partial charge in [0.1, 0.15) is 6.10 Å². The van der Waals surface area contributed by atoms with Crippen LogP contribution in [-0.4, -0.2) is 34.0 Å². The molecule has 0 fully saturated rings. The van der Waals surface area contributed by atoms with Crippen LogP contribution in [0, 0.1) is 0 Å². The van der Waals surface area contributed by atoms with Gasteiger partial charge in [0.2, 0.25) is 0 Å². The molecule has 0 bridgehead atoms. The van der Waals surface area contributed by atoms with Crippen molar-refractivity contribution in [3.63, 3.8) is 0 Å². The van der Waals surface area contributed by atoms with Crippen LogP contribution in [-0.2, 0) is 11.3 Å². The highest BCUT2D eigenvalue weighted by molar-refractivity contribution is 5.06. The zero-order valence-corrected chi connectivity index (χ0v) is 8.13. The van der Waals surface area contributed by atoms with E-state index in [9.17, 15) is 5.11 Å². The van der Waals surface area contributed by atoms with Gasteiger partial charge in [0.25, 0.3) is 0 Å². The predicted molar refractivity (Wildman–Crippen MR) is 51.6 cm³/mol. The first-order valence-corrected chi connectivity index (χ1v) is 4.53. The SMILES string of the molecule is C[C@@H](O)[C@H](CO)OCc1cccnc1. The van der Waals surface area contributed by atoms with Gasteiger partial charge in [-0.1, -0.05) is 6.07 Å². The van der Waals surface area contributed by atoms with E-state index in [2.05, 4.69) is 4.98 Å². The smallest absolute Gasteiger partial charge is 0.107 e. The fourth-order valence-electron chi connectivity index (χ4n) is 1.03. The molecule has 4 heteroatoms. The van der Waals surface area contributed by atoms with Gasteiger partial charge in [0.15, 0.2) is 0 Å². The Hall–Kier alpha value is -0.970. The summed E-state index contributed by atoms with van der Waals surface area (Å²) in [4.78, 5) is 3.93. The van der Waals surface area contributed by atoms with E-state index in [4.69, 9.17) is 9.84 Å². The number of hydrogen-bond acceptors (Lipinski definition) is 4. The molecule has 0 unspecified atom stereocenters. The predicted octanol–water partition coefficient (Wildman–Crippen LogP) is 0.340. The molecule has 4 nitrogen and oxygen atoms in total. The maximum atomic E-state index is 9.19. The Morgan fingerprint density at radius 3 is 2.86 bits per heavy atom. The molecule has 0 radical (unpaired) electrons. The molecular weight excluding hydrogens is 182 g/mol. The third-order valence-electron chi connectivity index (χ3n) is 1.90. The molecule has 1 aromatic heterocycles. The maximum Gasteiger partial charge on any atom is 0.107 e. The fraction of sp³-hybridized carbons (Fsp3) is 0.500. The van der Waals surface area contributed by atoms with Crippen molar-refractivity contribution >= 4 is 0 Å². The van der Waals surface area contributed by atoms with E-state index in [1.807, 2.05) is 12.1 Å². The minimum atomic E-state index is -0.670. The Balaban J connectivity index is 2.40. The van der Waals surface area contributed by atoms with Gasteiger partial charge in [-0.3, -0.25) is 4.98 Å². The van der Waals surface area contributed by atoms with Gasteiger partial charge >= 0.3 is 0 Å². The van der Waals surface area contributed by atoms with E-state index in [-0.39, 0.29) is 6.61 Å². The number of rotatable bonds is 5. The fourth-order valence-corrected chi connectivity index (χ4v) is 1.03. The highest BCUT2D eigenvalue weighted by Crippen LogP contribution is 2.04. The normalized spacial score (nSPS) is 15.1. The first-order valence-electron chi connectivity index (χ1n) is 4.53. The molecule has 14 heavy (non-hydrogen) atoms. The van der Waals surface area contributed by atoms with Crippen molar-refractivity contribution in [1.29, 1.82) is 0 Å². The number of aliphatic hydroxyl groups excluding tert-OH is 2. The Labute approximate surface area is 83.2 Å². The van der Waals surface area contributed by atoms with Crippen LogP contribution in [0.25, 0.3) is 0 Å². The highest BCUT2D eigenvalue weighted by Gasteiger charge is 2.13. The Kier molecular flexibility index (Phi) is 4.52. The summed E-state index contributed by atoms with van der Waals surface area (Å²) in [5.74, 6) is 0. The lowest BCUT2D eigenvalue weighted by Gasteiger charge is -2.17. The standard InChI is InChI=1S/C10H15NO3/c1-8(13)10(6-12)14-7-9-3-2-4-11-5-9/h2-5,8,10,12-13H,6-7H2,1H3/t8-,10+/m1/s1. The molecular formula is C10H15NO3. The van der Waals surface area contributed by atoms with E-state index in [1.165, 1.54) is 0 Å². The van der Waals surface area contributed by atoms with Crippen molar-refractivity contribution in [2.24, 2.45) is 0 Å². The van der Waals surface area contributed by atoms with Crippen LogP contribution in [0.5, 0.6) is 0 Å². The molecule has 2 atom stereocenters. The van der Waals surface area contributed by atoms with Crippen molar-refractivity contribution in [2.75, 3.05) is 6.61 Å². The molecule has 0 aromatic carbocycles. The average molecular weight is 197 g/mol. The lowest BCUT2D eigenvalue weighted by atomic mass is 10.2. The molecule has 0 aliphatic carbocycles. The molecule has 0 aliphatic heterocycles. The van der Waals surface area contributed by atoms with Crippen LogP contribution in [0.4, 0.5) is 0 Å². The van der Waals surface area contributed by atoms with Crippen molar-refractivity contribution in [3.8, 4) is 0 Å². The lowest BCUT2D eigenvalue weighted by molar-refractivity contribution is -0.0638. The summed E-state index contributed by atoms with van der Waals surface area (Å²) in [6, 6.07) is 3.69. The second kappa shape index (κ2) is 5.70. The topological polar surface area (TPSA) is 62.6 Å². The van der Waals surface area contributed by atoms with Crippen LogP contribution < -0.4 is 0 Å². The Morgan fingerprint density at radius 1 is 1.57 bits per heavy atom. The number of ether oxygens (including phenoxy) is 1. The summed E-state index contributed by atoms with van der Waals surface area (Å²) in [5.41, 5.74) is 0.923. The largest absolute Gasteiger partial charge is 0.394 e. The Bertz CT molecular complexity index is 251. The van der Waals surface area contributed by atoms with Crippen LogP contribution in [0.15, 0.2) is 24.5 Å². The summed E-state index contributed by atoms with van der Waals surface area (Å²) in [7, 11) is 0. The van der Waals surface area contributed by atoms with Crippen LogP contribution in [0.2, 0.25) is 0 Å². The van der Waals surface area contributed by atoms with Gasteiger partial charge in [-0.2, -0.15) is 0 Å². The number of aliphatic hydroxyl groups is 2. The molecule has 0 saturated carbocycles. The second-order valence-electron chi connectivity index (χ2n) is 3.13. The molecule has 1 aromatic rings. The lowest BCUT2D eigenvalue weighted by Crippen LogP contribution is -2.29. The zero-order chi connectivity index (χ0) is 10.4. The molecule has 1 rings (SSSR count). The van der Waals surface area contributed by atoms with E-state index in [1.54, 1.807) is 19.3 Å². The van der Waals surface area contributed by atoms with Gasteiger partial charge in [-0.15, -0.1) is 0 Å². The van der Waals surface area contributed by atoms with Gasteiger partial charge in [0, 0.05) is 12.4 Å². The molecule has 0 amide bonds. The summed E-state index contributed by atoms with van der Waals surface area (Å²) in [5, 5.41) is 18.1. The van der Waals surface area contributed by atoms with Crippen molar-refractivity contribution in [3.05, 3.63) is 30.1 Å². The maximum absolute atomic E-state index is 9.19. The van der Waals surface area contributed by atoms with Crippen LogP contribution in [0.3, 0.4) is 0 Å². The third kappa shape index (κ3) is 3.41. The second-order valence-corrected chi connectivity index (χ2v) is 3.13. The number of hydrogen-bond donors (Lipinski definition) is 2. The van der Waals surface area contributed by atoms with E-state index in [0.717, 1.165) is 5.56 Å². The molecule has 1 heterocycles. The quantitative estimate of drug-likeness (QED) is 0.714. The van der Waals surface area contributed by atoms with Crippen LogP contribution in [0.1, 0.15) is 12.5 Å². The monoisotopic (exact) mass is 197 g/mol. The number of nitrogens with zero attached hydrogens (tertiary/aromatic N) is 1. The summed E-state index contributed by atoms with van der Waals surface area (Å²) < 4.78 is 5.30. The zero-order valence-electron chi connectivity index (χ0n) is 8.13. The van der Waals surface area contributed by atoms with E-state index >= 15 is 0 Å². The summed E-state index contributed by atoms with van der Waals surface area (Å²) >= 11 is 0. The van der Waals surface area contributed by atoms with Gasteiger partial charge in [0.05, 0.1) is 19.3 Å². The van der Waals surface area contributed by atoms with Gasteiger partial charge < -0.3 is 14.9 Å². The van der Waals surface area contributed by atoms with Crippen molar-refractivity contribution in [2.45, 2.75) is 25.7 Å². The average Bonchev–Trinajstić information content (AvgIpc) is 2.20. The first kappa shape index (κ1) is 11.1. The third-order valence-corrected chi connectivity index (χ3v) is 1.90. The summed E-state index contributed by atoms with van der Waals surface area (Å²) in [6.07, 6.45) is 2.17. The molecule has 0 saturated heterocycles. The molecule has 78 valence electrons. The van der Waals surface area contributed by atoms with Crippen LogP contribution >= 0.6 is 0 Å². The molecule has 2 N–H and O–H groups in total. The first-order chi connectivity index (χ1) is 6.74. The molecule has 0 aliphatic rings. The highest BCUT2D eigenvalue weighted by atomic mass is 16.5. The summed E-state index contributed by atoms with van der Waals surface area (Å²) in [6.45, 7) is 1.76. The minimum Gasteiger partial charge on any atom is -0.394 e. The van der Waals surface area contributed by atoms with Crippen molar-refractivity contribution in [1.82, 2.24) is 4.98 Å². The van der Waals surface area contributed by atoms with Gasteiger partial charge in [-0.25, -0.2) is 0 Å². The van der Waals surface area contributed by atoms with E-state index < -0.39 is 12.2 Å². The number of pyridine rings is 1. The Morgan fingerprint density at radius 2 is 2.36 bits per heavy atom. The minimum absolute atomic E-state index is 0.183. The van der Waals surface area contributed by atoms with Crippen molar-refractivity contribution < 1.29 is 14.9 Å².